The number of nitrogens with one attached hydrogen (secondary N) is 1. The zero-order valence-corrected chi connectivity index (χ0v) is 1.32. The second-order valence-electron chi connectivity index (χ2n) is 0.0833. The Balaban J connectivity index is -0.0000000200. The molecule has 0 rings (SSSR count). The van der Waals surface area contributed by atoms with Crippen molar-refractivity contribution in [1.29, 1.82) is 0 Å². The van der Waals surface area contributed by atoms with E-state index in [2.05, 4.69) is 0 Å². The van der Waals surface area contributed by atoms with Gasteiger partial charge in [-0.2, -0.15) is 0 Å². The number of hydrogen-bond donors (Lipinski definition) is 1. The van der Waals surface area contributed by atoms with Crippen LogP contribution in [0.2, 0.25) is 0 Å². The molecule has 0 bridgehead atoms. The van der Waals surface area contributed by atoms with Crippen LogP contribution in [-0.2, 0) is 0 Å². The van der Waals surface area contributed by atoms with Crippen LogP contribution < -0.4 is 5.34 Å². The molecule has 0 unspecified atom stereocenters. The number of rotatable bonds is 0. The van der Waals surface area contributed by atoms with Gasteiger partial charge in [-0.1, -0.05) is 0 Å². The third-order valence-corrected chi connectivity index (χ3v) is 0. The first-order valence-electron chi connectivity index (χ1n) is 0.408. The summed E-state index contributed by atoms with van der Waals surface area (Å²) < 4.78 is 0. The summed E-state index contributed by atoms with van der Waals surface area (Å²) in [7, 11) is 0. The van der Waals surface area contributed by atoms with Gasteiger partial charge >= 0.3 is 18.9 Å². The Morgan fingerprint density at radius 3 is 1.60 bits per heavy atom. The van der Waals surface area contributed by atoms with Gasteiger partial charge < -0.3 is 0 Å². The molecule has 0 fully saturated rings. The first-order chi connectivity index (χ1) is 1.41. The van der Waals surface area contributed by atoms with Crippen molar-refractivity contribution in [1.82, 2.24) is 0 Å². The average Bonchev–Trinajstić information content (AvgIpc) is 0.918. The van der Waals surface area contributed by atoms with Crippen LogP contribution in [0.25, 0.3) is 0 Å². The second kappa shape index (κ2) is 24.1. The minimum atomic E-state index is 0. The first-order valence-corrected chi connectivity index (χ1v) is 0.408. The molecule has 0 aliphatic rings. The maximum absolute atomic E-state index is 8.12. The molecule has 0 aromatic carbocycles. The molecule has 3 nitrogen and oxygen atoms in total. The van der Waals surface area contributed by atoms with Crippen molar-refractivity contribution in [2.45, 2.75) is 0 Å². The van der Waals surface area contributed by atoms with E-state index in [9.17, 15) is 0 Å². The predicted molar refractivity (Wildman–Crippen MR) is 24.8 cm³/mol. The van der Waals surface area contributed by atoms with Crippen LogP contribution in [0, 0.1) is 10.1 Å². The van der Waals surface area contributed by atoms with Gasteiger partial charge in [0.2, 0.25) is 0 Å². The normalized spacial score (nSPS) is 2.40. The van der Waals surface area contributed by atoms with Crippen molar-refractivity contribution < 1.29 is 5.34 Å². The Kier molecular flexibility index (Phi) is 85.5. The van der Waals surface area contributed by atoms with Gasteiger partial charge in [-0.05, 0) is 0 Å². The Morgan fingerprint density at radius 2 is 1.60 bits per heavy atom. The molecule has 0 aromatic rings. The average molecular weight is 85.0 g/mol. The van der Waals surface area contributed by atoms with Crippen molar-refractivity contribution in [3.8, 4) is 0 Å². The third kappa shape index (κ3) is 103. The van der Waals surface area contributed by atoms with Crippen molar-refractivity contribution in [2.75, 3.05) is 0 Å². The summed E-state index contributed by atoms with van der Waals surface area (Å²) in [5.41, 5.74) is 0. The Bertz CT molecular complexity index is 17.1. The van der Waals surface area contributed by atoms with Crippen LogP contribution in [0.5, 0.6) is 0 Å². The van der Waals surface area contributed by atoms with Crippen LogP contribution in [-0.4, -0.2) is 36.2 Å². The maximum atomic E-state index is 8.12. The van der Waals surface area contributed by atoms with E-state index < -0.39 is 0 Å². The van der Waals surface area contributed by atoms with E-state index in [1.807, 2.05) is 0 Å². The third-order valence-electron chi connectivity index (χ3n) is 0. The van der Waals surface area contributed by atoms with Gasteiger partial charge in [-0.3, -0.25) is 10.1 Å². The zero-order valence-electron chi connectivity index (χ0n) is 1.32. The summed E-state index contributed by atoms with van der Waals surface area (Å²) in [6, 6.07) is 0. The minimum absolute atomic E-state index is 0. The molecule has 0 saturated heterocycles. The molecule has 0 atom stereocenters. The molecule has 1 N–H and O–H groups in total. The number of hydrogen-bond acceptors (Lipinski definition) is 2. The monoisotopic (exact) mass is 85.0 g/mol. The van der Waals surface area contributed by atoms with E-state index in [1.54, 1.807) is 0 Å². The Labute approximate surface area is 52.0 Å². The SMILES string of the molecule is O=[NH+][O-].[AlH3].[LiH]. The van der Waals surface area contributed by atoms with Gasteiger partial charge in [0, 0.05) is 5.34 Å². The quantitative estimate of drug-likeness (QED) is 0.188. The zero-order chi connectivity index (χ0) is 2.71. The second-order valence-corrected chi connectivity index (χ2v) is 0.0833. The summed E-state index contributed by atoms with van der Waals surface area (Å²) in [5.74, 6) is 0. The first kappa shape index (κ1) is 17.7. The molecule has 0 aliphatic carbocycles. The molecule has 0 heterocycles. The molecule has 0 aliphatic heterocycles. The molecule has 0 aromatic heterocycles. The molecule has 0 spiro atoms. The fourth-order valence-electron chi connectivity index (χ4n) is 0. The summed E-state index contributed by atoms with van der Waals surface area (Å²) >= 11 is 0. The molecule has 0 radical (unpaired) electrons. The fourth-order valence-corrected chi connectivity index (χ4v) is 0. The van der Waals surface area contributed by atoms with Crippen LogP contribution in [0.1, 0.15) is 0 Å². The molecule has 0 saturated carbocycles. The van der Waals surface area contributed by atoms with E-state index in [4.69, 9.17) is 10.1 Å². The van der Waals surface area contributed by atoms with E-state index in [0.717, 1.165) is 0 Å². The van der Waals surface area contributed by atoms with Gasteiger partial charge in [0.25, 0.3) is 0 Å². The summed E-state index contributed by atoms with van der Waals surface area (Å²) in [6.07, 6.45) is 0. The fraction of sp³-hybridized carbons (Fsp3) is 0. The van der Waals surface area contributed by atoms with Crippen LogP contribution in [0.15, 0.2) is 0 Å². The molecule has 5 heavy (non-hydrogen) atoms. The molecular weight excluding hydrogens is 79.9 g/mol. The summed E-state index contributed by atoms with van der Waals surface area (Å²) in [5, 5.41) is 8.38. The van der Waals surface area contributed by atoms with Crippen molar-refractivity contribution in [3.63, 3.8) is 0 Å². The van der Waals surface area contributed by atoms with Crippen molar-refractivity contribution >= 4 is 36.2 Å². The van der Waals surface area contributed by atoms with Gasteiger partial charge in [0.05, 0.1) is 0 Å². The van der Waals surface area contributed by atoms with Crippen LogP contribution >= 0.6 is 0 Å². The van der Waals surface area contributed by atoms with Gasteiger partial charge in [-0.15, -0.1) is 0 Å². The van der Waals surface area contributed by atoms with Gasteiger partial charge in [0.1, 0.15) is 0 Å². The molecule has 0 amide bonds. The predicted octanol–water partition coefficient (Wildman–Crippen LogP) is -3.50. The molecule has 5 heteroatoms. The Hall–Kier alpha value is 0.530. The van der Waals surface area contributed by atoms with E-state index >= 15 is 0 Å². The van der Waals surface area contributed by atoms with E-state index in [-0.39, 0.29) is 41.6 Å². The van der Waals surface area contributed by atoms with Gasteiger partial charge in [-0.25, -0.2) is 0 Å². The molecular formula is H5AlLiNO2. The summed E-state index contributed by atoms with van der Waals surface area (Å²) in [4.78, 5) is 8.12. The molecule has 26 valence electrons. The van der Waals surface area contributed by atoms with Gasteiger partial charge in [0.15, 0.2) is 17.4 Å². The summed E-state index contributed by atoms with van der Waals surface area (Å²) in [6.45, 7) is 0. The Morgan fingerprint density at radius 1 is 1.60 bits per heavy atom. The van der Waals surface area contributed by atoms with Crippen LogP contribution in [0.3, 0.4) is 0 Å². The van der Waals surface area contributed by atoms with Crippen LogP contribution in [0.4, 0.5) is 0 Å². The van der Waals surface area contributed by atoms with E-state index in [0.29, 0.717) is 0 Å². The standard InChI is InChI=1S/Al.Li.HNO2.4H/c;;2-1-3;;;;/h;;1H;;;;. The topological polar surface area (TPSA) is 54.1 Å². The van der Waals surface area contributed by atoms with E-state index in [1.165, 1.54) is 0 Å². The van der Waals surface area contributed by atoms with Crippen molar-refractivity contribution in [2.24, 2.45) is 0 Å². The van der Waals surface area contributed by atoms with Crippen molar-refractivity contribution in [3.05, 3.63) is 10.1 Å².